The van der Waals surface area contributed by atoms with Crippen molar-refractivity contribution in [1.82, 2.24) is 14.6 Å². The molecule has 1 atom stereocenters. The summed E-state index contributed by atoms with van der Waals surface area (Å²) in [6.45, 7) is 1.65. The fraction of sp³-hybridized carbons (Fsp3) is 0.280. The van der Waals surface area contributed by atoms with E-state index < -0.39 is 0 Å². The molecule has 1 fully saturated rings. The second-order valence-electron chi connectivity index (χ2n) is 9.06. The summed E-state index contributed by atoms with van der Waals surface area (Å²) >= 11 is 12.7. The Bertz CT molecular complexity index is 1380. The number of pyridine rings is 1. The van der Waals surface area contributed by atoms with E-state index in [1.54, 1.807) is 22.7 Å². The Morgan fingerprint density at radius 2 is 1.85 bits per heavy atom. The summed E-state index contributed by atoms with van der Waals surface area (Å²) < 4.78 is 1.77. The van der Waals surface area contributed by atoms with Gasteiger partial charge in [0.1, 0.15) is 17.9 Å². The standard InChI is InChI=1S/C25H23Cl2N5O/c26-18-7-3-6-17(22(18)27)21-19(33)12-20(32-24(21)29-14-30-32)31-10-8-25(9-11-31)13-15-4-1-2-5-16(15)23(25)28/h1-7,12,14,23,33H,8-11,13,28H2. The van der Waals surface area contributed by atoms with E-state index in [4.69, 9.17) is 28.9 Å². The van der Waals surface area contributed by atoms with Crippen LogP contribution in [0.25, 0.3) is 16.8 Å². The number of halogens is 2. The highest BCUT2D eigenvalue weighted by molar-refractivity contribution is 6.43. The normalized spacial score (nSPS) is 19.4. The van der Waals surface area contributed by atoms with Gasteiger partial charge in [-0.15, -0.1) is 0 Å². The monoisotopic (exact) mass is 479 g/mol. The highest BCUT2D eigenvalue weighted by Gasteiger charge is 2.46. The molecule has 4 aromatic rings. The highest BCUT2D eigenvalue weighted by Crippen LogP contribution is 2.51. The minimum absolute atomic E-state index is 0.0583. The molecule has 1 saturated heterocycles. The quantitative estimate of drug-likeness (QED) is 0.410. The number of nitrogens with zero attached hydrogens (tertiary/aromatic N) is 4. The maximum atomic E-state index is 11.0. The number of nitrogens with two attached hydrogens (primary N) is 1. The Morgan fingerprint density at radius 3 is 2.64 bits per heavy atom. The van der Waals surface area contributed by atoms with Crippen molar-refractivity contribution in [2.24, 2.45) is 11.1 Å². The first-order valence-corrected chi connectivity index (χ1v) is 11.8. The average molecular weight is 480 g/mol. The number of hydrogen-bond donors (Lipinski definition) is 2. The molecule has 3 heterocycles. The first-order chi connectivity index (χ1) is 16.0. The van der Waals surface area contributed by atoms with E-state index in [0.29, 0.717) is 26.8 Å². The Labute approximate surface area is 201 Å². The van der Waals surface area contributed by atoms with Gasteiger partial charge >= 0.3 is 0 Å². The molecule has 2 aliphatic rings. The molecule has 0 radical (unpaired) electrons. The van der Waals surface area contributed by atoms with Gasteiger partial charge < -0.3 is 15.7 Å². The van der Waals surface area contributed by atoms with Gasteiger partial charge in [-0.3, -0.25) is 0 Å². The molecule has 2 aromatic heterocycles. The van der Waals surface area contributed by atoms with Gasteiger partial charge in [0.15, 0.2) is 5.65 Å². The molecule has 1 spiro atoms. The number of rotatable bonds is 2. The number of fused-ring (bicyclic) bond motifs is 2. The van der Waals surface area contributed by atoms with Crippen LogP contribution in [0.2, 0.25) is 10.0 Å². The van der Waals surface area contributed by atoms with Crippen LogP contribution in [0.4, 0.5) is 5.82 Å². The molecule has 6 nitrogen and oxygen atoms in total. The Hall–Kier alpha value is -2.80. The van der Waals surface area contributed by atoms with Crippen LogP contribution in [0.3, 0.4) is 0 Å². The van der Waals surface area contributed by atoms with Gasteiger partial charge in [-0.25, -0.2) is 4.98 Å². The maximum absolute atomic E-state index is 11.0. The van der Waals surface area contributed by atoms with Crippen LogP contribution < -0.4 is 10.6 Å². The molecule has 0 bridgehead atoms. The third-order valence-corrected chi connectivity index (χ3v) is 8.23. The number of aromatic hydroxyl groups is 1. The van der Waals surface area contributed by atoms with Crippen molar-refractivity contribution in [2.45, 2.75) is 25.3 Å². The average Bonchev–Trinajstić information content (AvgIpc) is 3.40. The van der Waals surface area contributed by atoms with Gasteiger partial charge in [-0.05, 0) is 41.9 Å². The molecule has 0 saturated carbocycles. The van der Waals surface area contributed by atoms with Crippen LogP contribution in [-0.2, 0) is 6.42 Å². The summed E-state index contributed by atoms with van der Waals surface area (Å²) in [4.78, 5) is 6.69. The largest absolute Gasteiger partial charge is 0.507 e. The second-order valence-corrected chi connectivity index (χ2v) is 9.85. The maximum Gasteiger partial charge on any atom is 0.169 e. The van der Waals surface area contributed by atoms with Crippen LogP contribution in [0.15, 0.2) is 54.9 Å². The van der Waals surface area contributed by atoms with E-state index in [2.05, 4.69) is 39.2 Å². The van der Waals surface area contributed by atoms with Crippen molar-refractivity contribution in [3.63, 3.8) is 0 Å². The molecule has 8 heteroatoms. The van der Waals surface area contributed by atoms with E-state index in [9.17, 15) is 5.11 Å². The number of anilines is 1. The lowest BCUT2D eigenvalue weighted by Gasteiger charge is -2.43. The van der Waals surface area contributed by atoms with Gasteiger partial charge in [0.05, 0.1) is 15.6 Å². The van der Waals surface area contributed by atoms with Crippen LogP contribution in [0.5, 0.6) is 5.75 Å². The summed E-state index contributed by atoms with van der Waals surface area (Å²) in [6, 6.07) is 15.7. The second kappa shape index (κ2) is 7.62. The zero-order valence-electron chi connectivity index (χ0n) is 17.9. The zero-order valence-corrected chi connectivity index (χ0v) is 19.4. The topological polar surface area (TPSA) is 79.7 Å². The van der Waals surface area contributed by atoms with Gasteiger partial charge in [0.2, 0.25) is 0 Å². The minimum Gasteiger partial charge on any atom is -0.507 e. The van der Waals surface area contributed by atoms with E-state index >= 15 is 0 Å². The molecular weight excluding hydrogens is 457 g/mol. The fourth-order valence-electron chi connectivity index (χ4n) is 5.62. The highest BCUT2D eigenvalue weighted by atomic mass is 35.5. The van der Waals surface area contributed by atoms with Crippen LogP contribution in [0.1, 0.15) is 30.0 Å². The van der Waals surface area contributed by atoms with Gasteiger partial charge in [-0.1, -0.05) is 59.6 Å². The summed E-state index contributed by atoms with van der Waals surface area (Å²) in [5, 5.41) is 16.3. The first kappa shape index (κ1) is 20.8. The number of benzene rings is 2. The third-order valence-electron chi connectivity index (χ3n) is 7.41. The van der Waals surface area contributed by atoms with Gasteiger partial charge in [0, 0.05) is 30.8 Å². The lowest BCUT2D eigenvalue weighted by atomic mass is 9.73. The predicted octanol–water partition coefficient (Wildman–Crippen LogP) is 5.25. The smallest absolute Gasteiger partial charge is 0.169 e. The molecule has 1 aliphatic heterocycles. The Morgan fingerprint density at radius 1 is 1.06 bits per heavy atom. The van der Waals surface area contributed by atoms with Crippen LogP contribution in [0, 0.1) is 5.41 Å². The predicted molar refractivity (Wildman–Crippen MR) is 131 cm³/mol. The molecular formula is C25H23Cl2N5O. The van der Waals surface area contributed by atoms with Crippen molar-refractivity contribution < 1.29 is 5.11 Å². The van der Waals surface area contributed by atoms with Crippen molar-refractivity contribution in [3.8, 4) is 16.9 Å². The van der Waals surface area contributed by atoms with Crippen LogP contribution >= 0.6 is 23.2 Å². The van der Waals surface area contributed by atoms with Crippen LogP contribution in [-0.4, -0.2) is 32.8 Å². The molecule has 168 valence electrons. The minimum atomic E-state index is 0.0583. The van der Waals surface area contributed by atoms with Crippen molar-refractivity contribution >= 4 is 34.7 Å². The summed E-state index contributed by atoms with van der Waals surface area (Å²) in [5.74, 6) is 0.903. The summed E-state index contributed by atoms with van der Waals surface area (Å²) in [5.41, 5.74) is 11.2. The molecule has 1 aliphatic carbocycles. The molecule has 33 heavy (non-hydrogen) atoms. The first-order valence-electron chi connectivity index (χ1n) is 11.1. The molecule has 2 aromatic carbocycles. The molecule has 6 rings (SSSR count). The van der Waals surface area contributed by atoms with Crippen molar-refractivity contribution in [3.05, 3.63) is 76.0 Å². The summed E-state index contributed by atoms with van der Waals surface area (Å²) in [6.07, 6.45) is 4.47. The SMILES string of the molecule is NC1c2ccccc2CC12CCN(c1cc(O)c(-c3cccc(Cl)c3Cl)c3ncnn13)CC2. The van der Waals surface area contributed by atoms with E-state index in [1.807, 2.05) is 6.07 Å². The Balaban J connectivity index is 1.34. The Kier molecular flexibility index (Phi) is 4.80. The number of aromatic nitrogens is 3. The molecule has 1 unspecified atom stereocenters. The van der Waals surface area contributed by atoms with Crippen molar-refractivity contribution in [2.75, 3.05) is 18.0 Å². The fourth-order valence-corrected chi connectivity index (χ4v) is 6.01. The zero-order chi connectivity index (χ0) is 22.7. The van der Waals surface area contributed by atoms with Crippen molar-refractivity contribution in [1.29, 1.82) is 0 Å². The number of piperidine rings is 1. The van der Waals surface area contributed by atoms with Gasteiger partial charge in [-0.2, -0.15) is 9.61 Å². The van der Waals surface area contributed by atoms with E-state index in [-0.39, 0.29) is 17.2 Å². The molecule has 0 amide bonds. The lowest BCUT2D eigenvalue weighted by Crippen LogP contribution is -2.44. The lowest BCUT2D eigenvalue weighted by molar-refractivity contribution is 0.187. The third kappa shape index (κ3) is 3.12. The molecule has 3 N–H and O–H groups in total. The number of hydrogen-bond acceptors (Lipinski definition) is 5. The van der Waals surface area contributed by atoms with E-state index in [0.717, 1.165) is 38.2 Å². The van der Waals surface area contributed by atoms with Gasteiger partial charge in [0.25, 0.3) is 0 Å². The van der Waals surface area contributed by atoms with E-state index in [1.165, 1.54) is 17.5 Å². The summed E-state index contributed by atoms with van der Waals surface area (Å²) in [7, 11) is 0.